The van der Waals surface area contributed by atoms with Crippen LogP contribution in [0.3, 0.4) is 0 Å². The highest BCUT2D eigenvalue weighted by Crippen LogP contribution is 2.24. The first kappa shape index (κ1) is 20.7. The summed E-state index contributed by atoms with van der Waals surface area (Å²) >= 11 is 1.14. The Bertz CT molecular complexity index is 966. The lowest BCUT2D eigenvalue weighted by Gasteiger charge is -2.13. The number of carbonyl (C=O) groups excluding carboxylic acids is 4. The zero-order valence-corrected chi connectivity index (χ0v) is 16.8. The lowest BCUT2D eigenvalue weighted by molar-refractivity contribution is -0.153. The third kappa shape index (κ3) is 5.08. The van der Waals surface area contributed by atoms with Crippen LogP contribution in [0.2, 0.25) is 0 Å². The van der Waals surface area contributed by atoms with Gasteiger partial charge in [-0.2, -0.15) is 0 Å². The van der Waals surface area contributed by atoms with Crippen LogP contribution < -0.4 is 11.1 Å². The van der Waals surface area contributed by atoms with Gasteiger partial charge in [-0.15, -0.1) is 11.3 Å². The molecule has 0 saturated heterocycles. The van der Waals surface area contributed by atoms with Gasteiger partial charge in [0.25, 0.3) is 11.8 Å². The molecular formula is C21H22N2O5S. The molecule has 29 heavy (non-hydrogen) atoms. The lowest BCUT2D eigenvalue weighted by Crippen LogP contribution is -2.30. The number of rotatable bonds is 8. The monoisotopic (exact) mass is 414 g/mol. The number of anilines is 1. The van der Waals surface area contributed by atoms with Crippen molar-refractivity contribution in [2.45, 2.75) is 45.1 Å². The first-order valence-corrected chi connectivity index (χ1v) is 10.3. The second kappa shape index (κ2) is 9.00. The number of aryl methyl sites for hydroxylation is 2. The smallest absolute Gasteiger partial charge is 0.307 e. The van der Waals surface area contributed by atoms with Crippen LogP contribution in [0.15, 0.2) is 29.6 Å². The molecule has 8 heteroatoms. The molecule has 3 rings (SSSR count). The van der Waals surface area contributed by atoms with Gasteiger partial charge >= 0.3 is 5.97 Å². The van der Waals surface area contributed by atoms with Crippen molar-refractivity contribution in [3.8, 4) is 0 Å². The molecule has 1 aromatic heterocycles. The molecule has 1 aromatic carbocycles. The Kier molecular flexibility index (Phi) is 6.43. The summed E-state index contributed by atoms with van der Waals surface area (Å²) in [6.45, 7) is 1.42. The molecule has 0 fully saturated rings. The average Bonchev–Trinajstić information content (AvgIpc) is 3.34. The fourth-order valence-electron chi connectivity index (χ4n) is 3.23. The largest absolute Gasteiger partial charge is 0.453 e. The molecule has 7 nitrogen and oxygen atoms in total. The summed E-state index contributed by atoms with van der Waals surface area (Å²) in [4.78, 5) is 47.9. The molecule has 2 aromatic rings. The number of benzene rings is 1. The van der Waals surface area contributed by atoms with E-state index in [9.17, 15) is 19.2 Å². The maximum absolute atomic E-state index is 12.4. The van der Waals surface area contributed by atoms with E-state index in [1.165, 1.54) is 24.1 Å². The third-order valence-corrected chi connectivity index (χ3v) is 5.65. The number of fused-ring (bicyclic) bond motifs is 1. The Morgan fingerprint density at radius 3 is 2.66 bits per heavy atom. The maximum atomic E-state index is 12.4. The van der Waals surface area contributed by atoms with Crippen molar-refractivity contribution < 1.29 is 23.9 Å². The fourth-order valence-corrected chi connectivity index (χ4v) is 4.02. The van der Waals surface area contributed by atoms with E-state index < -0.39 is 23.9 Å². The minimum Gasteiger partial charge on any atom is -0.453 e. The number of carbonyl (C=O) groups is 4. The van der Waals surface area contributed by atoms with Crippen molar-refractivity contribution in [3.05, 3.63) is 51.9 Å². The van der Waals surface area contributed by atoms with Gasteiger partial charge in [-0.1, -0.05) is 12.1 Å². The molecule has 152 valence electrons. The topological polar surface area (TPSA) is 116 Å². The number of primary amides is 1. The van der Waals surface area contributed by atoms with Gasteiger partial charge in [-0.05, 0) is 54.8 Å². The van der Waals surface area contributed by atoms with Crippen LogP contribution in [0.4, 0.5) is 5.00 Å². The predicted octanol–water partition coefficient (Wildman–Crippen LogP) is 2.87. The van der Waals surface area contributed by atoms with Crippen LogP contribution in [0, 0.1) is 0 Å². The number of hydrogen-bond donors (Lipinski definition) is 2. The normalized spacial score (nSPS) is 13.4. The molecular weight excluding hydrogens is 392 g/mol. The summed E-state index contributed by atoms with van der Waals surface area (Å²) < 4.78 is 5.11. The molecule has 3 N–H and O–H groups in total. The van der Waals surface area contributed by atoms with Crippen molar-refractivity contribution in [1.82, 2.24) is 0 Å². The van der Waals surface area contributed by atoms with E-state index in [2.05, 4.69) is 5.32 Å². The summed E-state index contributed by atoms with van der Waals surface area (Å²) in [6.07, 6.45) is 1.96. The Morgan fingerprint density at radius 2 is 1.90 bits per heavy atom. The van der Waals surface area contributed by atoms with Crippen LogP contribution in [0.1, 0.15) is 58.0 Å². The first-order valence-electron chi connectivity index (χ1n) is 9.38. The van der Waals surface area contributed by atoms with Crippen molar-refractivity contribution in [2.24, 2.45) is 5.73 Å². The maximum Gasteiger partial charge on any atom is 0.307 e. The molecule has 0 bridgehead atoms. The first-order chi connectivity index (χ1) is 13.8. The van der Waals surface area contributed by atoms with Crippen LogP contribution in [-0.4, -0.2) is 29.7 Å². The number of amides is 2. The molecule has 2 amide bonds. The number of nitrogens with two attached hydrogens (primary N) is 1. The standard InChI is InChI=1S/C21H22N2O5S/c1-12(20(27)23-21-16(19(22)26)9-10-29-21)28-18(25)8-7-17(24)15-6-5-13-3-2-4-14(13)11-15/h5-6,9-12H,2-4,7-8H2,1H3,(H2,22,26)(H,23,27)/t12-/m0/s1. The summed E-state index contributed by atoms with van der Waals surface area (Å²) in [5, 5.41) is 4.45. The number of ether oxygens (including phenoxy) is 1. The molecule has 1 aliphatic rings. The highest BCUT2D eigenvalue weighted by atomic mass is 32.1. The quantitative estimate of drug-likeness (QED) is 0.509. The molecule has 1 atom stereocenters. The average molecular weight is 414 g/mol. The summed E-state index contributed by atoms with van der Waals surface area (Å²) in [5.74, 6) is -1.99. The van der Waals surface area contributed by atoms with Gasteiger partial charge in [0.15, 0.2) is 11.9 Å². The number of Topliss-reactive ketones (excluding diaryl/α,β-unsaturated/α-hetero) is 1. The SMILES string of the molecule is C[C@H](OC(=O)CCC(=O)c1ccc2c(c1)CCC2)C(=O)Nc1sccc1C(N)=O. The van der Waals surface area contributed by atoms with Gasteiger partial charge in [0.05, 0.1) is 12.0 Å². The van der Waals surface area contributed by atoms with E-state index in [1.54, 1.807) is 11.4 Å². The molecule has 0 aliphatic heterocycles. The number of hydrogen-bond acceptors (Lipinski definition) is 6. The predicted molar refractivity (Wildman–Crippen MR) is 109 cm³/mol. The van der Waals surface area contributed by atoms with Crippen molar-refractivity contribution in [2.75, 3.05) is 5.32 Å². The zero-order chi connectivity index (χ0) is 21.0. The molecule has 0 radical (unpaired) electrons. The Balaban J connectivity index is 1.48. The van der Waals surface area contributed by atoms with Gasteiger partial charge < -0.3 is 15.8 Å². The minimum absolute atomic E-state index is 0.0166. The second-order valence-electron chi connectivity index (χ2n) is 6.91. The van der Waals surface area contributed by atoms with Crippen molar-refractivity contribution in [3.63, 3.8) is 0 Å². The van der Waals surface area contributed by atoms with Crippen molar-refractivity contribution in [1.29, 1.82) is 0 Å². The van der Waals surface area contributed by atoms with Gasteiger partial charge in [0.1, 0.15) is 5.00 Å². The lowest BCUT2D eigenvalue weighted by atomic mass is 10.0. The molecule has 0 spiro atoms. The van der Waals surface area contributed by atoms with Crippen LogP contribution >= 0.6 is 11.3 Å². The van der Waals surface area contributed by atoms with E-state index >= 15 is 0 Å². The van der Waals surface area contributed by atoms with E-state index in [0.717, 1.165) is 30.6 Å². The van der Waals surface area contributed by atoms with Gasteiger partial charge in [-0.3, -0.25) is 19.2 Å². The molecule has 0 unspecified atom stereocenters. The van der Waals surface area contributed by atoms with Gasteiger partial charge in [0, 0.05) is 12.0 Å². The number of esters is 1. The Labute approximate surface area is 172 Å². The Morgan fingerprint density at radius 1 is 1.14 bits per heavy atom. The van der Waals surface area contributed by atoms with E-state index in [4.69, 9.17) is 10.5 Å². The number of nitrogens with one attached hydrogen (secondary N) is 1. The van der Waals surface area contributed by atoms with Crippen LogP contribution in [0.25, 0.3) is 0 Å². The third-order valence-electron chi connectivity index (χ3n) is 4.82. The highest BCUT2D eigenvalue weighted by Gasteiger charge is 2.21. The van der Waals surface area contributed by atoms with E-state index in [0.29, 0.717) is 10.6 Å². The highest BCUT2D eigenvalue weighted by molar-refractivity contribution is 7.14. The molecule has 0 saturated carbocycles. The fraction of sp³-hybridized carbons (Fsp3) is 0.333. The number of thiophene rings is 1. The van der Waals surface area contributed by atoms with E-state index in [-0.39, 0.29) is 24.2 Å². The van der Waals surface area contributed by atoms with Crippen molar-refractivity contribution >= 4 is 39.9 Å². The second-order valence-corrected chi connectivity index (χ2v) is 7.83. The van der Waals surface area contributed by atoms with E-state index in [1.807, 2.05) is 12.1 Å². The van der Waals surface area contributed by atoms with Crippen LogP contribution in [0.5, 0.6) is 0 Å². The summed E-state index contributed by atoms with van der Waals surface area (Å²) in [6, 6.07) is 7.18. The zero-order valence-electron chi connectivity index (χ0n) is 16.0. The number of ketones is 1. The Hall–Kier alpha value is -3.00. The minimum atomic E-state index is -1.07. The summed E-state index contributed by atoms with van der Waals surface area (Å²) in [7, 11) is 0. The van der Waals surface area contributed by atoms with Crippen LogP contribution in [-0.2, 0) is 27.2 Å². The van der Waals surface area contributed by atoms with Gasteiger partial charge in [-0.25, -0.2) is 0 Å². The molecule has 1 heterocycles. The summed E-state index contributed by atoms with van der Waals surface area (Å²) in [5.41, 5.74) is 8.52. The molecule has 1 aliphatic carbocycles. The van der Waals surface area contributed by atoms with Gasteiger partial charge in [0.2, 0.25) is 0 Å².